The molecule has 8 nitrogen and oxygen atoms in total. The lowest BCUT2D eigenvalue weighted by Crippen LogP contribution is -2.22. The largest absolute Gasteiger partial charge is 0.330 e. The Morgan fingerprint density at radius 3 is 2.55 bits per heavy atom. The van der Waals surface area contributed by atoms with E-state index in [-0.39, 0.29) is 27.3 Å². The maximum atomic E-state index is 12.4. The van der Waals surface area contributed by atoms with Gasteiger partial charge in [-0.15, -0.1) is 10.2 Å². The summed E-state index contributed by atoms with van der Waals surface area (Å²) >= 11 is 8.68. The zero-order valence-corrected chi connectivity index (χ0v) is 20.1. The summed E-state index contributed by atoms with van der Waals surface area (Å²) < 4.78 is 26.3. The summed E-state index contributed by atoms with van der Waals surface area (Å²) in [5.41, 5.74) is 2.29. The average molecular weight is 498 g/mol. The first-order valence-electron chi connectivity index (χ1n) is 8.97. The normalized spacial score (nSPS) is 11.5. The van der Waals surface area contributed by atoms with Crippen LogP contribution < -0.4 is 10.6 Å². The third-order valence-corrected chi connectivity index (χ3v) is 8.14. The molecule has 3 aromatic rings. The van der Waals surface area contributed by atoms with E-state index in [4.69, 9.17) is 11.6 Å². The molecule has 0 radical (unpaired) electrons. The number of aryl methyl sites for hydroxylation is 1. The summed E-state index contributed by atoms with van der Waals surface area (Å²) in [4.78, 5) is 12.4. The van der Waals surface area contributed by atoms with Crippen LogP contribution in [-0.4, -0.2) is 48.7 Å². The number of nitrogens with one attached hydrogen (secondary N) is 2. The number of anilines is 3. The van der Waals surface area contributed by atoms with E-state index in [1.807, 2.05) is 31.2 Å². The lowest BCUT2D eigenvalue weighted by molar-refractivity contribution is -0.113. The molecule has 0 aliphatic rings. The van der Waals surface area contributed by atoms with E-state index in [0.29, 0.717) is 9.47 Å². The Balaban J connectivity index is 1.59. The number of halogens is 1. The van der Waals surface area contributed by atoms with E-state index in [2.05, 4.69) is 20.8 Å². The van der Waals surface area contributed by atoms with Crippen molar-refractivity contribution in [3.8, 4) is 0 Å². The van der Waals surface area contributed by atoms with Crippen LogP contribution in [0.5, 0.6) is 0 Å². The van der Waals surface area contributed by atoms with Gasteiger partial charge in [-0.05, 0) is 37.3 Å². The Morgan fingerprint density at radius 2 is 1.87 bits per heavy atom. The number of thioether (sulfide) groups is 1. The maximum absolute atomic E-state index is 12.4. The Hall–Kier alpha value is -2.18. The fraction of sp³-hybridized carbons (Fsp3) is 0.211. The number of carbonyl (C=O) groups excluding carboxylic acids is 1. The molecule has 12 heteroatoms. The fourth-order valence-corrected chi connectivity index (χ4v) is 5.03. The number of sulfonamides is 1. The number of aromatic nitrogens is 2. The maximum Gasteiger partial charge on any atom is 0.242 e. The highest BCUT2D eigenvalue weighted by molar-refractivity contribution is 8.01. The lowest BCUT2D eigenvalue weighted by Gasteiger charge is -2.13. The van der Waals surface area contributed by atoms with Crippen molar-refractivity contribution in [1.29, 1.82) is 0 Å². The van der Waals surface area contributed by atoms with E-state index in [9.17, 15) is 13.2 Å². The van der Waals surface area contributed by atoms with Gasteiger partial charge in [0, 0.05) is 19.8 Å². The second kappa shape index (κ2) is 9.96. The molecule has 31 heavy (non-hydrogen) atoms. The van der Waals surface area contributed by atoms with Crippen molar-refractivity contribution in [2.45, 2.75) is 16.2 Å². The molecule has 0 spiro atoms. The van der Waals surface area contributed by atoms with Gasteiger partial charge in [0.2, 0.25) is 21.1 Å². The zero-order chi connectivity index (χ0) is 22.6. The monoisotopic (exact) mass is 497 g/mol. The number of nitrogens with zero attached hydrogens (tertiary/aromatic N) is 3. The van der Waals surface area contributed by atoms with Crippen molar-refractivity contribution in [2.24, 2.45) is 0 Å². The third kappa shape index (κ3) is 6.17. The van der Waals surface area contributed by atoms with Gasteiger partial charge in [0.1, 0.15) is 0 Å². The fourth-order valence-electron chi connectivity index (χ4n) is 2.36. The minimum Gasteiger partial charge on any atom is -0.330 e. The molecule has 0 saturated heterocycles. The number of rotatable bonds is 8. The van der Waals surface area contributed by atoms with Crippen molar-refractivity contribution >= 4 is 67.1 Å². The van der Waals surface area contributed by atoms with Crippen molar-refractivity contribution in [3.63, 3.8) is 0 Å². The van der Waals surface area contributed by atoms with Crippen LogP contribution in [0.1, 0.15) is 5.56 Å². The molecule has 0 fully saturated rings. The summed E-state index contributed by atoms with van der Waals surface area (Å²) in [6.07, 6.45) is 0. The summed E-state index contributed by atoms with van der Waals surface area (Å²) in [6, 6.07) is 12.1. The summed E-state index contributed by atoms with van der Waals surface area (Å²) in [5, 5.41) is 14.8. The molecule has 1 amide bonds. The first kappa shape index (κ1) is 23.5. The van der Waals surface area contributed by atoms with Crippen LogP contribution in [0, 0.1) is 6.92 Å². The molecule has 1 heterocycles. The molecule has 164 valence electrons. The second-order valence-electron chi connectivity index (χ2n) is 6.63. The number of carbonyl (C=O) groups is 1. The van der Waals surface area contributed by atoms with Crippen LogP contribution in [0.25, 0.3) is 0 Å². The Labute approximate surface area is 194 Å². The molecule has 0 saturated carbocycles. The average Bonchev–Trinajstić information content (AvgIpc) is 3.17. The predicted molar refractivity (Wildman–Crippen MR) is 126 cm³/mol. The highest BCUT2D eigenvalue weighted by Crippen LogP contribution is 2.29. The molecular weight excluding hydrogens is 478 g/mol. The van der Waals surface area contributed by atoms with Gasteiger partial charge in [-0.25, -0.2) is 12.7 Å². The molecule has 0 atom stereocenters. The third-order valence-electron chi connectivity index (χ3n) is 4.03. The van der Waals surface area contributed by atoms with E-state index in [1.165, 1.54) is 55.4 Å². The Morgan fingerprint density at radius 1 is 1.16 bits per heavy atom. The summed E-state index contributed by atoms with van der Waals surface area (Å²) in [5.74, 6) is -0.269. The number of hydrogen-bond donors (Lipinski definition) is 2. The Bertz CT molecular complexity index is 1180. The van der Waals surface area contributed by atoms with E-state index < -0.39 is 10.0 Å². The van der Waals surface area contributed by atoms with Crippen molar-refractivity contribution in [3.05, 3.63) is 53.1 Å². The van der Waals surface area contributed by atoms with E-state index >= 15 is 0 Å². The second-order valence-corrected chi connectivity index (χ2v) is 11.4. The van der Waals surface area contributed by atoms with Crippen LogP contribution in [0.3, 0.4) is 0 Å². The van der Waals surface area contributed by atoms with Gasteiger partial charge in [-0.3, -0.25) is 4.79 Å². The highest BCUT2D eigenvalue weighted by Gasteiger charge is 2.19. The lowest BCUT2D eigenvalue weighted by atomic mass is 10.2. The summed E-state index contributed by atoms with van der Waals surface area (Å²) in [7, 11) is -0.771. The van der Waals surface area contributed by atoms with Gasteiger partial charge in [0.15, 0.2) is 4.34 Å². The van der Waals surface area contributed by atoms with Crippen LogP contribution in [0.15, 0.2) is 51.7 Å². The highest BCUT2D eigenvalue weighted by atomic mass is 35.5. The minimum absolute atomic E-state index is 0.0424. The van der Waals surface area contributed by atoms with Gasteiger partial charge in [0.25, 0.3) is 0 Å². The molecular formula is C19H20ClN5O3S3. The van der Waals surface area contributed by atoms with Crippen LogP contribution in [-0.2, 0) is 14.8 Å². The first-order chi connectivity index (χ1) is 14.6. The van der Waals surface area contributed by atoms with E-state index in [1.54, 1.807) is 0 Å². The van der Waals surface area contributed by atoms with Crippen LogP contribution in [0.2, 0.25) is 5.02 Å². The number of hydrogen-bond acceptors (Lipinski definition) is 8. The van der Waals surface area contributed by atoms with Gasteiger partial charge < -0.3 is 10.6 Å². The molecule has 0 aliphatic carbocycles. The molecule has 2 N–H and O–H groups in total. The van der Waals surface area contributed by atoms with Crippen LogP contribution >= 0.6 is 34.7 Å². The van der Waals surface area contributed by atoms with Gasteiger partial charge in [0.05, 0.1) is 21.4 Å². The minimum atomic E-state index is -3.64. The molecule has 2 aromatic carbocycles. The molecule has 1 aromatic heterocycles. The van der Waals surface area contributed by atoms with Crippen molar-refractivity contribution in [2.75, 3.05) is 30.5 Å². The standard InChI is InChI=1S/C19H20ClN5O3S3/c1-12-4-6-13(7-5-12)21-18-23-24-19(30-18)29-11-17(26)22-16-10-14(8-9-15(16)20)31(27,28)25(2)3/h4-10H,11H2,1-3H3,(H,21,23)(H,22,26). The molecule has 0 unspecified atom stereocenters. The topological polar surface area (TPSA) is 104 Å². The van der Waals surface area contributed by atoms with E-state index in [0.717, 1.165) is 15.6 Å². The molecule has 0 aliphatic heterocycles. The van der Waals surface area contributed by atoms with Crippen molar-refractivity contribution < 1.29 is 13.2 Å². The SMILES string of the molecule is Cc1ccc(Nc2nnc(SCC(=O)Nc3cc(S(=O)(=O)N(C)C)ccc3Cl)s2)cc1. The summed E-state index contributed by atoms with van der Waals surface area (Å²) in [6.45, 7) is 2.01. The Kier molecular flexibility index (Phi) is 7.55. The first-order valence-corrected chi connectivity index (χ1v) is 12.6. The van der Waals surface area contributed by atoms with Gasteiger partial charge in [-0.2, -0.15) is 0 Å². The van der Waals surface area contributed by atoms with Gasteiger partial charge >= 0.3 is 0 Å². The van der Waals surface area contributed by atoms with Gasteiger partial charge in [-0.1, -0.05) is 52.4 Å². The quantitative estimate of drug-likeness (QED) is 0.449. The molecule has 0 bridgehead atoms. The number of benzene rings is 2. The predicted octanol–water partition coefficient (Wildman–Crippen LogP) is 4.22. The smallest absolute Gasteiger partial charge is 0.242 e. The molecule has 3 rings (SSSR count). The zero-order valence-electron chi connectivity index (χ0n) is 16.9. The number of amides is 1. The van der Waals surface area contributed by atoms with Crippen molar-refractivity contribution in [1.82, 2.24) is 14.5 Å². The van der Waals surface area contributed by atoms with Crippen LogP contribution in [0.4, 0.5) is 16.5 Å².